The first-order valence-electron chi connectivity index (χ1n) is 6.30. The first-order chi connectivity index (χ1) is 9.47. The van der Waals surface area contributed by atoms with Crippen molar-refractivity contribution in [1.82, 2.24) is 20.2 Å². The van der Waals surface area contributed by atoms with E-state index in [9.17, 15) is 4.79 Å². The van der Waals surface area contributed by atoms with Crippen molar-refractivity contribution in [2.45, 2.75) is 33.2 Å². The van der Waals surface area contributed by atoms with E-state index < -0.39 is 0 Å². The predicted molar refractivity (Wildman–Crippen MR) is 80.7 cm³/mol. The molecule has 0 fully saturated rings. The SMILES string of the molecule is Cc1nc(C(C)C)nc(NCc2ccc(=O)[nH]n2)c1Br. The Morgan fingerprint density at radius 3 is 2.70 bits per heavy atom. The van der Waals surface area contributed by atoms with Gasteiger partial charge in [0, 0.05) is 12.0 Å². The minimum absolute atomic E-state index is 0.213. The van der Waals surface area contributed by atoms with E-state index in [-0.39, 0.29) is 11.5 Å². The molecule has 0 spiro atoms. The number of aromatic nitrogens is 4. The largest absolute Gasteiger partial charge is 0.363 e. The Bertz CT molecular complexity index is 648. The quantitative estimate of drug-likeness (QED) is 0.894. The zero-order valence-corrected chi connectivity index (χ0v) is 13.2. The fourth-order valence-electron chi connectivity index (χ4n) is 1.60. The van der Waals surface area contributed by atoms with Crippen LogP contribution < -0.4 is 10.9 Å². The molecule has 2 heterocycles. The normalized spacial score (nSPS) is 10.8. The lowest BCUT2D eigenvalue weighted by molar-refractivity contribution is 0.763. The van der Waals surface area contributed by atoms with Crippen LogP contribution in [0.1, 0.15) is 37.0 Å². The van der Waals surface area contributed by atoms with Crippen molar-refractivity contribution in [3.63, 3.8) is 0 Å². The van der Waals surface area contributed by atoms with Crippen LogP contribution in [0.2, 0.25) is 0 Å². The molecule has 2 aromatic heterocycles. The molecule has 0 amide bonds. The minimum Gasteiger partial charge on any atom is -0.363 e. The van der Waals surface area contributed by atoms with Gasteiger partial charge in [-0.05, 0) is 28.9 Å². The number of halogens is 1. The Kier molecular flexibility index (Phi) is 4.49. The van der Waals surface area contributed by atoms with Crippen molar-refractivity contribution in [3.05, 3.63) is 44.2 Å². The molecular formula is C13H16BrN5O. The highest BCUT2D eigenvalue weighted by molar-refractivity contribution is 9.10. The third-order valence-electron chi connectivity index (χ3n) is 2.72. The van der Waals surface area contributed by atoms with E-state index >= 15 is 0 Å². The van der Waals surface area contributed by atoms with Gasteiger partial charge in [-0.2, -0.15) is 5.10 Å². The lowest BCUT2D eigenvalue weighted by Gasteiger charge is -2.12. The number of anilines is 1. The van der Waals surface area contributed by atoms with Crippen LogP contribution in [-0.4, -0.2) is 20.2 Å². The van der Waals surface area contributed by atoms with Crippen molar-refractivity contribution >= 4 is 21.7 Å². The van der Waals surface area contributed by atoms with Crippen molar-refractivity contribution in [1.29, 1.82) is 0 Å². The van der Waals surface area contributed by atoms with Gasteiger partial charge in [0.05, 0.1) is 22.4 Å². The van der Waals surface area contributed by atoms with E-state index in [1.165, 1.54) is 6.07 Å². The minimum atomic E-state index is -0.213. The van der Waals surface area contributed by atoms with Gasteiger partial charge in [-0.25, -0.2) is 15.1 Å². The molecule has 0 bridgehead atoms. The summed E-state index contributed by atoms with van der Waals surface area (Å²) < 4.78 is 0.839. The average molecular weight is 338 g/mol. The Balaban J connectivity index is 2.20. The van der Waals surface area contributed by atoms with Gasteiger partial charge in [0.2, 0.25) is 0 Å². The van der Waals surface area contributed by atoms with Crippen molar-refractivity contribution < 1.29 is 0 Å². The molecule has 7 heteroatoms. The number of nitrogens with zero attached hydrogens (tertiary/aromatic N) is 3. The fourth-order valence-corrected chi connectivity index (χ4v) is 1.92. The number of hydrogen-bond acceptors (Lipinski definition) is 5. The molecule has 2 N–H and O–H groups in total. The number of aromatic amines is 1. The zero-order chi connectivity index (χ0) is 14.7. The molecule has 0 aromatic carbocycles. The van der Waals surface area contributed by atoms with E-state index in [1.807, 2.05) is 6.92 Å². The summed E-state index contributed by atoms with van der Waals surface area (Å²) in [6.45, 7) is 6.51. The molecule has 0 saturated carbocycles. The van der Waals surface area contributed by atoms with E-state index in [1.54, 1.807) is 6.07 Å². The highest BCUT2D eigenvalue weighted by Gasteiger charge is 2.11. The summed E-state index contributed by atoms with van der Waals surface area (Å²) >= 11 is 3.48. The van der Waals surface area contributed by atoms with Crippen LogP contribution in [0.25, 0.3) is 0 Å². The molecule has 2 aromatic rings. The van der Waals surface area contributed by atoms with E-state index in [0.29, 0.717) is 6.54 Å². The fraction of sp³-hybridized carbons (Fsp3) is 0.385. The molecule has 20 heavy (non-hydrogen) atoms. The first-order valence-corrected chi connectivity index (χ1v) is 7.09. The molecule has 0 unspecified atom stereocenters. The van der Waals surface area contributed by atoms with Gasteiger partial charge < -0.3 is 5.32 Å². The van der Waals surface area contributed by atoms with Crippen LogP contribution in [-0.2, 0) is 6.54 Å². The molecule has 0 radical (unpaired) electrons. The average Bonchev–Trinajstić information content (AvgIpc) is 2.42. The lowest BCUT2D eigenvalue weighted by Crippen LogP contribution is -2.12. The Morgan fingerprint density at radius 1 is 1.35 bits per heavy atom. The third-order valence-corrected chi connectivity index (χ3v) is 3.67. The van der Waals surface area contributed by atoms with E-state index in [0.717, 1.165) is 27.5 Å². The molecule has 106 valence electrons. The maximum atomic E-state index is 10.9. The third kappa shape index (κ3) is 3.41. The van der Waals surface area contributed by atoms with Gasteiger partial charge in [-0.1, -0.05) is 13.8 Å². The maximum Gasteiger partial charge on any atom is 0.264 e. The predicted octanol–water partition coefficient (Wildman–Crippen LogP) is 2.37. The zero-order valence-electron chi connectivity index (χ0n) is 11.6. The van der Waals surface area contributed by atoms with Crippen LogP contribution in [0.5, 0.6) is 0 Å². The van der Waals surface area contributed by atoms with Gasteiger partial charge in [-0.3, -0.25) is 4.79 Å². The van der Waals surface area contributed by atoms with Crippen molar-refractivity contribution in [2.24, 2.45) is 0 Å². The van der Waals surface area contributed by atoms with Crippen LogP contribution in [0.4, 0.5) is 5.82 Å². The van der Waals surface area contributed by atoms with Gasteiger partial charge in [0.15, 0.2) is 0 Å². The van der Waals surface area contributed by atoms with E-state index in [2.05, 4.69) is 55.3 Å². The Hall–Kier alpha value is -1.76. The summed E-state index contributed by atoms with van der Waals surface area (Å²) in [7, 11) is 0. The Morgan fingerprint density at radius 2 is 2.10 bits per heavy atom. The summed E-state index contributed by atoms with van der Waals surface area (Å²) in [4.78, 5) is 19.9. The van der Waals surface area contributed by atoms with Crippen LogP contribution in [0, 0.1) is 6.92 Å². The molecule has 0 atom stereocenters. The molecular weight excluding hydrogens is 322 g/mol. The summed E-state index contributed by atoms with van der Waals surface area (Å²) in [5, 5.41) is 9.55. The number of rotatable bonds is 4. The van der Waals surface area contributed by atoms with Gasteiger partial charge in [0.1, 0.15) is 11.6 Å². The number of nitrogens with one attached hydrogen (secondary N) is 2. The number of aryl methyl sites for hydroxylation is 1. The maximum absolute atomic E-state index is 10.9. The second-order valence-electron chi connectivity index (χ2n) is 4.75. The number of hydrogen-bond donors (Lipinski definition) is 2. The lowest BCUT2D eigenvalue weighted by atomic mass is 10.2. The molecule has 0 saturated heterocycles. The smallest absolute Gasteiger partial charge is 0.264 e. The highest BCUT2D eigenvalue weighted by atomic mass is 79.9. The molecule has 0 aliphatic rings. The molecule has 0 aliphatic heterocycles. The summed E-state index contributed by atoms with van der Waals surface area (Å²) in [5.41, 5.74) is 1.41. The van der Waals surface area contributed by atoms with Crippen molar-refractivity contribution in [3.8, 4) is 0 Å². The second kappa shape index (κ2) is 6.13. The van der Waals surface area contributed by atoms with Crippen LogP contribution >= 0.6 is 15.9 Å². The molecule has 0 aliphatic carbocycles. The van der Waals surface area contributed by atoms with E-state index in [4.69, 9.17) is 0 Å². The van der Waals surface area contributed by atoms with Gasteiger partial charge in [0.25, 0.3) is 5.56 Å². The standard InChI is InChI=1S/C13H16BrN5O/c1-7(2)12-16-8(3)11(14)13(17-12)15-6-9-4-5-10(20)19-18-9/h4-5,7H,6H2,1-3H3,(H,19,20)(H,15,16,17). The summed E-state index contributed by atoms with van der Waals surface area (Å²) in [5.74, 6) is 1.78. The topological polar surface area (TPSA) is 83.6 Å². The molecule has 6 nitrogen and oxygen atoms in total. The second-order valence-corrected chi connectivity index (χ2v) is 5.54. The van der Waals surface area contributed by atoms with Crippen LogP contribution in [0.15, 0.2) is 21.4 Å². The van der Waals surface area contributed by atoms with Gasteiger partial charge >= 0.3 is 0 Å². The van der Waals surface area contributed by atoms with Gasteiger partial charge in [-0.15, -0.1) is 0 Å². The van der Waals surface area contributed by atoms with Crippen LogP contribution in [0.3, 0.4) is 0 Å². The summed E-state index contributed by atoms with van der Waals surface area (Å²) in [6, 6.07) is 3.13. The Labute approximate surface area is 125 Å². The highest BCUT2D eigenvalue weighted by Crippen LogP contribution is 2.25. The number of H-pyrrole nitrogens is 1. The van der Waals surface area contributed by atoms with Crippen molar-refractivity contribution in [2.75, 3.05) is 5.32 Å². The molecule has 2 rings (SSSR count). The summed E-state index contributed by atoms with van der Waals surface area (Å²) in [6.07, 6.45) is 0. The first kappa shape index (κ1) is 14.6. The monoisotopic (exact) mass is 337 g/mol.